The highest BCUT2D eigenvalue weighted by Gasteiger charge is 2.66. The summed E-state index contributed by atoms with van der Waals surface area (Å²) in [6.45, 7) is 12.3. The number of aromatic nitrogens is 1. The Balaban J connectivity index is 1.69. The highest BCUT2D eigenvalue weighted by molar-refractivity contribution is 5.88. The van der Waals surface area contributed by atoms with Gasteiger partial charge in [-0.25, -0.2) is 9.78 Å². The quantitative estimate of drug-likeness (QED) is 0.353. The van der Waals surface area contributed by atoms with Crippen molar-refractivity contribution >= 4 is 17.7 Å². The Morgan fingerprint density at radius 2 is 1.73 bits per heavy atom. The van der Waals surface area contributed by atoms with E-state index in [2.05, 4.69) is 37.1 Å². The van der Waals surface area contributed by atoms with Gasteiger partial charge in [-0.1, -0.05) is 59.7 Å². The van der Waals surface area contributed by atoms with E-state index in [1.54, 1.807) is 44.4 Å². The van der Waals surface area contributed by atoms with Crippen LogP contribution in [0.2, 0.25) is 0 Å². The second-order valence-corrected chi connectivity index (χ2v) is 15.7. The van der Waals surface area contributed by atoms with Crippen molar-refractivity contribution in [1.29, 1.82) is 0 Å². The number of carbonyl (C=O) groups excluding carboxylic acids is 1. The summed E-state index contributed by atoms with van der Waals surface area (Å²) in [5.41, 5.74) is 1.61. The maximum atomic E-state index is 14.8. The smallest absolute Gasteiger partial charge is 0.395 e. The van der Waals surface area contributed by atoms with E-state index in [4.69, 9.17) is 9.47 Å². The number of ether oxygens (including phenoxy) is 2. The molecule has 5 rings (SSSR count). The van der Waals surface area contributed by atoms with Gasteiger partial charge in [-0.2, -0.15) is 13.2 Å². The van der Waals surface area contributed by atoms with Crippen molar-refractivity contribution in [2.45, 2.75) is 103 Å². The van der Waals surface area contributed by atoms with Gasteiger partial charge in [-0.15, -0.1) is 0 Å². The van der Waals surface area contributed by atoms with Crippen molar-refractivity contribution < 1.29 is 37.3 Å². The maximum Gasteiger partial charge on any atom is 0.395 e. The summed E-state index contributed by atoms with van der Waals surface area (Å²) in [6.07, 6.45) is -4.62. The number of alkyl halides is 3. The Labute approximate surface area is 281 Å². The Morgan fingerprint density at radius 3 is 2.29 bits per heavy atom. The van der Waals surface area contributed by atoms with Crippen molar-refractivity contribution in [3.8, 4) is 5.75 Å². The van der Waals surface area contributed by atoms with E-state index in [9.17, 15) is 27.9 Å². The molecule has 0 aliphatic carbocycles. The molecule has 3 fully saturated rings. The average Bonchev–Trinajstić information content (AvgIpc) is 3.70. The predicted molar refractivity (Wildman–Crippen MR) is 176 cm³/mol. The number of halogens is 3. The number of methoxy groups -OCH3 is 1. The first-order valence-electron chi connectivity index (χ1n) is 16.6. The molecule has 0 radical (unpaired) electrons. The number of hydrogen-bond donors (Lipinski definition) is 2. The SMILES string of the molecule is COc1ccc(C(C)(C)C)cc1CN[C@H]1[C@H](C(C)(C)C)[C@@H](C(=O)O)N(C(=O)[C@@H]2[C@H](C(F)(F)F)[C@@H]3CC[C@H]2O3)[C@H]1c1cccnc1N(C)C. The molecule has 3 aliphatic rings. The zero-order valence-corrected chi connectivity index (χ0v) is 29.3. The van der Waals surface area contributed by atoms with Gasteiger partial charge in [0.15, 0.2) is 0 Å². The van der Waals surface area contributed by atoms with Crippen molar-refractivity contribution in [3.63, 3.8) is 0 Å². The fourth-order valence-corrected chi connectivity index (χ4v) is 8.26. The number of carbonyl (C=O) groups is 2. The molecule has 264 valence electrons. The molecule has 2 N–H and O–H groups in total. The number of hydrogen-bond acceptors (Lipinski definition) is 7. The molecule has 12 heteroatoms. The van der Waals surface area contributed by atoms with Crippen molar-refractivity contribution in [2.75, 3.05) is 26.1 Å². The Kier molecular flexibility index (Phi) is 9.59. The number of amides is 1. The lowest BCUT2D eigenvalue weighted by Gasteiger charge is -2.37. The summed E-state index contributed by atoms with van der Waals surface area (Å²) in [7, 11) is 5.16. The third kappa shape index (κ3) is 6.49. The van der Waals surface area contributed by atoms with E-state index in [0.717, 1.165) is 11.1 Å². The number of nitrogens with one attached hydrogen (secondary N) is 1. The molecule has 1 aromatic heterocycles. The molecular formula is C36H49F3N4O5. The molecule has 0 unspecified atom stereocenters. The minimum Gasteiger partial charge on any atom is -0.496 e. The minimum atomic E-state index is -4.69. The summed E-state index contributed by atoms with van der Waals surface area (Å²) in [6, 6.07) is 6.37. The number of benzene rings is 1. The Bertz CT molecular complexity index is 1520. The van der Waals surface area contributed by atoms with Gasteiger partial charge in [0, 0.05) is 49.9 Å². The standard InChI is InChI=1S/C36H49F3N4O5/c1-34(2,3)20-12-13-22(47-9)19(17-20)18-41-28-27(35(4,5)6)30(33(45)46)43(29(28)21-11-10-16-40-31(21)42(7)8)32(44)25-23-14-15-24(48-23)26(25)36(37,38)39/h10-13,16-17,23-30,41H,14-15,18H2,1-9H3,(H,45,46)/t23-,24+,25+,26-,27+,28+,29+,30+/m1/s1. The highest BCUT2D eigenvalue weighted by Crippen LogP contribution is 2.55. The number of anilines is 1. The van der Waals surface area contributed by atoms with Crippen molar-refractivity contribution in [2.24, 2.45) is 23.2 Å². The summed E-state index contributed by atoms with van der Waals surface area (Å²) in [5, 5.41) is 14.5. The summed E-state index contributed by atoms with van der Waals surface area (Å²) < 4.78 is 55.2. The lowest BCUT2D eigenvalue weighted by molar-refractivity contribution is -0.200. The largest absolute Gasteiger partial charge is 0.496 e. The molecule has 2 bridgehead atoms. The van der Waals surface area contributed by atoms with E-state index in [-0.39, 0.29) is 18.4 Å². The highest BCUT2D eigenvalue weighted by atomic mass is 19.4. The van der Waals surface area contributed by atoms with Gasteiger partial charge in [0.05, 0.1) is 37.2 Å². The number of pyridine rings is 1. The van der Waals surface area contributed by atoms with Crippen LogP contribution in [0.15, 0.2) is 36.5 Å². The minimum absolute atomic E-state index is 0.156. The third-order valence-electron chi connectivity index (χ3n) is 10.3. The van der Waals surface area contributed by atoms with E-state index in [0.29, 0.717) is 23.6 Å². The number of likely N-dealkylation sites (tertiary alicyclic amines) is 1. The van der Waals surface area contributed by atoms with Crippen molar-refractivity contribution in [1.82, 2.24) is 15.2 Å². The van der Waals surface area contributed by atoms with Gasteiger partial charge in [-0.3, -0.25) is 4.79 Å². The zero-order valence-electron chi connectivity index (χ0n) is 29.3. The molecule has 4 heterocycles. The van der Waals surface area contributed by atoms with E-state index < -0.39 is 71.6 Å². The van der Waals surface area contributed by atoms with Gasteiger partial charge in [0.25, 0.3) is 0 Å². The van der Waals surface area contributed by atoms with Crippen LogP contribution in [0, 0.1) is 23.2 Å². The van der Waals surface area contributed by atoms with Crippen LogP contribution in [0.5, 0.6) is 5.75 Å². The first kappa shape index (κ1) is 35.9. The van der Waals surface area contributed by atoms with Gasteiger partial charge < -0.3 is 29.7 Å². The molecule has 3 saturated heterocycles. The Hall–Kier alpha value is -3.38. The number of rotatable bonds is 8. The lowest BCUT2D eigenvalue weighted by atomic mass is 9.72. The van der Waals surface area contributed by atoms with Crippen LogP contribution >= 0.6 is 0 Å². The predicted octanol–water partition coefficient (Wildman–Crippen LogP) is 5.97. The summed E-state index contributed by atoms with van der Waals surface area (Å²) in [5.74, 6) is -5.24. The van der Waals surface area contributed by atoms with Crippen LogP contribution in [-0.2, 0) is 26.3 Å². The van der Waals surface area contributed by atoms with Crippen LogP contribution in [0.3, 0.4) is 0 Å². The van der Waals surface area contributed by atoms with E-state index in [1.165, 1.54) is 4.90 Å². The number of carboxylic acids is 1. The van der Waals surface area contributed by atoms with Crippen LogP contribution in [0.25, 0.3) is 0 Å². The number of aliphatic carboxylic acids is 1. The van der Waals surface area contributed by atoms with E-state index >= 15 is 0 Å². The maximum absolute atomic E-state index is 14.8. The fraction of sp³-hybridized carbons (Fsp3) is 0.639. The summed E-state index contributed by atoms with van der Waals surface area (Å²) in [4.78, 5) is 35.8. The molecular weight excluding hydrogens is 625 g/mol. The van der Waals surface area contributed by atoms with Crippen LogP contribution in [0.4, 0.5) is 19.0 Å². The molecule has 0 spiro atoms. The number of nitrogens with zero attached hydrogens (tertiary/aromatic N) is 3. The fourth-order valence-electron chi connectivity index (χ4n) is 8.26. The third-order valence-corrected chi connectivity index (χ3v) is 10.3. The molecule has 8 atom stereocenters. The number of fused-ring (bicyclic) bond motifs is 2. The van der Waals surface area contributed by atoms with Crippen LogP contribution in [0.1, 0.15) is 77.1 Å². The Morgan fingerprint density at radius 1 is 1.06 bits per heavy atom. The first-order valence-corrected chi connectivity index (χ1v) is 16.6. The topological polar surface area (TPSA) is 104 Å². The lowest BCUT2D eigenvalue weighted by Crippen LogP contribution is -2.53. The monoisotopic (exact) mass is 674 g/mol. The average molecular weight is 675 g/mol. The first-order chi connectivity index (χ1) is 22.3. The molecule has 0 saturated carbocycles. The van der Waals surface area contributed by atoms with Gasteiger partial charge >= 0.3 is 12.1 Å². The molecule has 2 aromatic rings. The molecule has 3 aliphatic heterocycles. The van der Waals surface area contributed by atoms with Crippen LogP contribution < -0.4 is 15.0 Å². The van der Waals surface area contributed by atoms with Gasteiger partial charge in [0.2, 0.25) is 5.91 Å². The molecule has 1 amide bonds. The van der Waals surface area contributed by atoms with Gasteiger partial charge in [0.1, 0.15) is 17.6 Å². The normalized spacial score (nSPS) is 29.0. The second-order valence-electron chi connectivity index (χ2n) is 15.7. The number of carboxylic acid groups (broad SMARTS) is 1. The molecule has 48 heavy (non-hydrogen) atoms. The van der Waals surface area contributed by atoms with Crippen molar-refractivity contribution in [3.05, 3.63) is 53.2 Å². The zero-order chi connectivity index (χ0) is 35.5. The van der Waals surface area contributed by atoms with E-state index in [1.807, 2.05) is 32.9 Å². The molecule has 9 nitrogen and oxygen atoms in total. The van der Waals surface area contributed by atoms with Crippen LogP contribution in [-0.4, -0.2) is 78.5 Å². The molecule has 1 aromatic carbocycles. The summed E-state index contributed by atoms with van der Waals surface area (Å²) >= 11 is 0. The van der Waals surface area contributed by atoms with Gasteiger partial charge in [-0.05, 0) is 41.4 Å². The second kappa shape index (κ2) is 12.8.